The molecule has 0 heterocycles. The average molecular weight is 289 g/mol. The summed E-state index contributed by atoms with van der Waals surface area (Å²) in [5, 5.41) is 9.01. The van der Waals surface area contributed by atoms with Crippen LogP contribution in [0.4, 0.5) is 0 Å². The minimum Gasteiger partial charge on any atom is -0.497 e. The third kappa shape index (κ3) is 3.26. The number of rotatable bonds is 5. The van der Waals surface area contributed by atoms with Crippen molar-refractivity contribution in [2.75, 3.05) is 7.11 Å². The van der Waals surface area contributed by atoms with Crippen LogP contribution in [0.1, 0.15) is 11.1 Å². The van der Waals surface area contributed by atoms with E-state index in [1.165, 1.54) is 0 Å². The number of aliphatic hydroxyl groups is 1. The van der Waals surface area contributed by atoms with Crippen molar-refractivity contribution >= 4 is 17.2 Å². The fourth-order valence-corrected chi connectivity index (χ4v) is 1.88. The molecule has 104 valence electrons. The van der Waals surface area contributed by atoms with Crippen molar-refractivity contribution in [1.82, 2.24) is 0 Å². The lowest BCUT2D eigenvalue weighted by molar-refractivity contribution is 0.281. The molecular weight excluding hydrogens is 274 g/mol. The number of hydrogen-bond donors (Lipinski definition) is 2. The minimum atomic E-state index is -0.00240. The van der Waals surface area contributed by atoms with Crippen molar-refractivity contribution in [2.24, 2.45) is 5.73 Å². The van der Waals surface area contributed by atoms with Gasteiger partial charge in [0.2, 0.25) is 0 Å². The summed E-state index contributed by atoms with van der Waals surface area (Å²) in [4.78, 5) is 0.259. The van der Waals surface area contributed by atoms with E-state index in [2.05, 4.69) is 0 Å². The number of nitrogens with two attached hydrogens (primary N) is 1. The molecule has 0 radical (unpaired) electrons. The molecule has 2 aromatic carbocycles. The second-order valence-electron chi connectivity index (χ2n) is 4.13. The zero-order valence-electron chi connectivity index (χ0n) is 11.0. The fraction of sp³-hybridized carbons (Fsp3) is 0.133. The Morgan fingerprint density at radius 3 is 2.35 bits per heavy atom. The number of ether oxygens (including phenoxy) is 2. The maximum atomic E-state index is 9.01. The second kappa shape index (κ2) is 6.36. The molecule has 0 fully saturated rings. The first-order valence-corrected chi connectivity index (χ1v) is 6.40. The SMILES string of the molecule is COc1ccc(C(N)=S)c(Oc2ccc(CO)cc2)c1. The van der Waals surface area contributed by atoms with Gasteiger partial charge in [0.25, 0.3) is 0 Å². The maximum Gasteiger partial charge on any atom is 0.141 e. The van der Waals surface area contributed by atoms with E-state index < -0.39 is 0 Å². The molecule has 0 bridgehead atoms. The number of methoxy groups -OCH3 is 1. The van der Waals surface area contributed by atoms with Gasteiger partial charge in [0.05, 0.1) is 19.3 Å². The van der Waals surface area contributed by atoms with Gasteiger partial charge in [0.1, 0.15) is 22.2 Å². The number of thiocarbonyl (C=S) groups is 1. The molecule has 0 amide bonds. The molecule has 2 rings (SSSR count). The first kappa shape index (κ1) is 14.3. The Bertz CT molecular complexity index is 611. The highest BCUT2D eigenvalue weighted by atomic mass is 32.1. The lowest BCUT2D eigenvalue weighted by Crippen LogP contribution is -2.10. The van der Waals surface area contributed by atoms with Gasteiger partial charge >= 0.3 is 0 Å². The van der Waals surface area contributed by atoms with E-state index in [-0.39, 0.29) is 11.6 Å². The van der Waals surface area contributed by atoms with E-state index in [0.29, 0.717) is 22.8 Å². The Morgan fingerprint density at radius 1 is 1.15 bits per heavy atom. The standard InChI is InChI=1S/C15H15NO3S/c1-18-12-6-7-13(15(16)20)14(8-12)19-11-4-2-10(9-17)3-5-11/h2-8,17H,9H2,1H3,(H2,16,20). The summed E-state index contributed by atoms with van der Waals surface area (Å²) in [7, 11) is 1.58. The van der Waals surface area contributed by atoms with Crippen LogP contribution in [0.2, 0.25) is 0 Å². The lowest BCUT2D eigenvalue weighted by Gasteiger charge is -2.12. The summed E-state index contributed by atoms with van der Waals surface area (Å²) < 4.78 is 11.0. The predicted octanol–water partition coefficient (Wildman–Crippen LogP) is 2.61. The van der Waals surface area contributed by atoms with Gasteiger partial charge in [-0.25, -0.2) is 0 Å². The average Bonchev–Trinajstić information content (AvgIpc) is 2.47. The van der Waals surface area contributed by atoms with Crippen molar-refractivity contribution in [3.05, 3.63) is 53.6 Å². The molecule has 0 spiro atoms. The van der Waals surface area contributed by atoms with E-state index in [9.17, 15) is 0 Å². The predicted molar refractivity (Wildman–Crippen MR) is 81.3 cm³/mol. The number of aliphatic hydroxyl groups excluding tert-OH is 1. The van der Waals surface area contributed by atoms with Crippen molar-refractivity contribution in [2.45, 2.75) is 6.61 Å². The summed E-state index contributed by atoms with van der Waals surface area (Å²) in [6.45, 7) is -0.00240. The Labute approximate surface area is 122 Å². The van der Waals surface area contributed by atoms with Crippen LogP contribution in [-0.2, 0) is 6.61 Å². The van der Waals surface area contributed by atoms with Crippen LogP contribution in [0.15, 0.2) is 42.5 Å². The maximum absolute atomic E-state index is 9.01. The molecule has 3 N–H and O–H groups in total. The minimum absolute atomic E-state index is 0.00240. The van der Waals surface area contributed by atoms with Crippen molar-refractivity contribution in [3.8, 4) is 17.2 Å². The van der Waals surface area contributed by atoms with Crippen LogP contribution in [0.5, 0.6) is 17.2 Å². The largest absolute Gasteiger partial charge is 0.497 e. The first-order chi connectivity index (χ1) is 9.63. The van der Waals surface area contributed by atoms with Crippen molar-refractivity contribution < 1.29 is 14.6 Å². The monoisotopic (exact) mass is 289 g/mol. The molecule has 20 heavy (non-hydrogen) atoms. The number of benzene rings is 2. The van der Waals surface area contributed by atoms with Gasteiger partial charge in [-0.1, -0.05) is 24.4 Å². The molecule has 0 unspecified atom stereocenters. The van der Waals surface area contributed by atoms with Crippen LogP contribution < -0.4 is 15.2 Å². The molecule has 2 aromatic rings. The molecule has 0 saturated carbocycles. The van der Waals surface area contributed by atoms with E-state index >= 15 is 0 Å². The van der Waals surface area contributed by atoms with Crippen molar-refractivity contribution in [1.29, 1.82) is 0 Å². The highest BCUT2D eigenvalue weighted by Gasteiger charge is 2.09. The third-order valence-electron chi connectivity index (χ3n) is 2.79. The van der Waals surface area contributed by atoms with E-state index in [1.807, 2.05) is 0 Å². The lowest BCUT2D eigenvalue weighted by atomic mass is 10.2. The van der Waals surface area contributed by atoms with Crippen LogP contribution in [0.3, 0.4) is 0 Å². The molecule has 0 atom stereocenters. The van der Waals surface area contributed by atoms with Gasteiger partial charge < -0.3 is 20.3 Å². The molecule has 5 heteroatoms. The molecule has 0 aliphatic rings. The Kier molecular flexibility index (Phi) is 4.55. The van der Waals surface area contributed by atoms with Crippen LogP contribution in [0.25, 0.3) is 0 Å². The van der Waals surface area contributed by atoms with E-state index in [4.69, 9.17) is 32.5 Å². The summed E-state index contributed by atoms with van der Waals surface area (Å²) in [5.74, 6) is 1.83. The molecule has 0 aliphatic carbocycles. The molecule has 0 aromatic heterocycles. The molecule has 0 aliphatic heterocycles. The third-order valence-corrected chi connectivity index (χ3v) is 3.01. The quantitative estimate of drug-likeness (QED) is 0.828. The first-order valence-electron chi connectivity index (χ1n) is 5.99. The van der Waals surface area contributed by atoms with Gasteiger partial charge in [0, 0.05) is 6.07 Å². The second-order valence-corrected chi connectivity index (χ2v) is 4.57. The zero-order valence-corrected chi connectivity index (χ0v) is 11.8. The van der Waals surface area contributed by atoms with Gasteiger partial charge in [-0.2, -0.15) is 0 Å². The van der Waals surface area contributed by atoms with Gasteiger partial charge in [0.15, 0.2) is 0 Å². The highest BCUT2D eigenvalue weighted by molar-refractivity contribution is 7.80. The van der Waals surface area contributed by atoms with Crippen LogP contribution in [-0.4, -0.2) is 17.2 Å². The van der Waals surface area contributed by atoms with Gasteiger partial charge in [-0.05, 0) is 29.8 Å². The summed E-state index contributed by atoms with van der Waals surface area (Å²) >= 11 is 5.01. The number of hydrogen-bond acceptors (Lipinski definition) is 4. The normalized spacial score (nSPS) is 10.1. The van der Waals surface area contributed by atoms with E-state index in [1.54, 1.807) is 49.6 Å². The Balaban J connectivity index is 2.32. The highest BCUT2D eigenvalue weighted by Crippen LogP contribution is 2.29. The van der Waals surface area contributed by atoms with Gasteiger partial charge in [-0.3, -0.25) is 0 Å². The van der Waals surface area contributed by atoms with Crippen molar-refractivity contribution in [3.63, 3.8) is 0 Å². The van der Waals surface area contributed by atoms with Crippen LogP contribution >= 0.6 is 12.2 Å². The van der Waals surface area contributed by atoms with Crippen LogP contribution in [0, 0.1) is 0 Å². The summed E-state index contributed by atoms with van der Waals surface area (Å²) in [6.07, 6.45) is 0. The molecular formula is C15H15NO3S. The topological polar surface area (TPSA) is 64.7 Å². The fourth-order valence-electron chi connectivity index (χ4n) is 1.71. The Hall–Kier alpha value is -2.11. The smallest absolute Gasteiger partial charge is 0.141 e. The van der Waals surface area contributed by atoms with Gasteiger partial charge in [-0.15, -0.1) is 0 Å². The zero-order chi connectivity index (χ0) is 14.5. The Morgan fingerprint density at radius 2 is 1.80 bits per heavy atom. The summed E-state index contributed by atoms with van der Waals surface area (Å²) in [6, 6.07) is 12.4. The van der Waals surface area contributed by atoms with E-state index in [0.717, 1.165) is 5.56 Å². The summed E-state index contributed by atoms with van der Waals surface area (Å²) in [5.41, 5.74) is 7.15. The molecule has 4 nitrogen and oxygen atoms in total. The molecule has 0 saturated heterocycles.